The Balaban J connectivity index is 1.77. The highest BCUT2D eigenvalue weighted by atomic mass is 79.9. The van der Waals surface area contributed by atoms with Gasteiger partial charge in [0, 0.05) is 27.1 Å². The molecular weight excluding hydrogens is 444 g/mol. The standard InChI is InChI=1S/C24H19BrN2O3/c1-15-3-12-22-20(13-15)21(26-27-24(28)17-4-8-18(25)9-5-17)14-23(30-22)16-6-10-19(29-2)11-7-16/h3-14H,1-2H3,(H,27,28). The quantitative estimate of drug-likeness (QED) is 0.411. The molecule has 0 aliphatic heterocycles. The second kappa shape index (κ2) is 8.55. The summed E-state index contributed by atoms with van der Waals surface area (Å²) in [5, 5.41) is 5.84. The topological polar surface area (TPSA) is 63.8 Å². The maximum atomic E-state index is 12.5. The minimum atomic E-state index is -0.282. The lowest BCUT2D eigenvalue weighted by Gasteiger charge is -2.07. The molecule has 0 saturated heterocycles. The number of carbonyl (C=O) groups excluding carboxylic acids is 1. The first kappa shape index (κ1) is 19.9. The molecule has 4 rings (SSSR count). The number of methoxy groups -OCH3 is 1. The number of carbonyl (C=O) groups is 1. The van der Waals surface area contributed by atoms with Crippen LogP contribution in [-0.4, -0.2) is 13.0 Å². The molecule has 1 aromatic heterocycles. The molecule has 0 unspecified atom stereocenters. The summed E-state index contributed by atoms with van der Waals surface area (Å²) in [6.45, 7) is 2.00. The molecule has 0 fully saturated rings. The minimum absolute atomic E-state index is 0.282. The van der Waals surface area contributed by atoms with Crippen LogP contribution in [0.2, 0.25) is 0 Å². The summed E-state index contributed by atoms with van der Waals surface area (Å²) >= 11 is 3.37. The van der Waals surface area contributed by atoms with Gasteiger partial charge in [-0.25, -0.2) is 5.43 Å². The molecule has 0 aliphatic carbocycles. The van der Waals surface area contributed by atoms with Gasteiger partial charge in [0.1, 0.15) is 17.1 Å². The molecule has 0 atom stereocenters. The Bertz CT molecular complexity index is 1280. The number of nitrogens with one attached hydrogen (secondary N) is 1. The lowest BCUT2D eigenvalue weighted by Crippen LogP contribution is -2.21. The molecule has 0 saturated carbocycles. The summed E-state index contributed by atoms with van der Waals surface area (Å²) < 4.78 is 12.2. The van der Waals surface area contributed by atoms with Gasteiger partial charge < -0.3 is 9.15 Å². The van der Waals surface area contributed by atoms with E-state index in [1.54, 1.807) is 19.2 Å². The van der Waals surface area contributed by atoms with Crippen LogP contribution in [0.25, 0.3) is 22.3 Å². The number of nitrogens with zero attached hydrogens (tertiary/aromatic N) is 1. The molecule has 5 nitrogen and oxygen atoms in total. The van der Waals surface area contributed by atoms with Crippen LogP contribution in [-0.2, 0) is 0 Å². The van der Waals surface area contributed by atoms with Crippen molar-refractivity contribution >= 4 is 32.8 Å². The van der Waals surface area contributed by atoms with Crippen molar-refractivity contribution in [1.29, 1.82) is 0 Å². The molecule has 1 heterocycles. The number of hydrogen-bond acceptors (Lipinski definition) is 4. The van der Waals surface area contributed by atoms with Crippen LogP contribution in [0.4, 0.5) is 0 Å². The largest absolute Gasteiger partial charge is 0.497 e. The van der Waals surface area contributed by atoms with Crippen LogP contribution in [0.3, 0.4) is 0 Å². The Morgan fingerprint density at radius 1 is 1.00 bits per heavy atom. The molecule has 3 aromatic carbocycles. The van der Waals surface area contributed by atoms with E-state index < -0.39 is 0 Å². The molecule has 0 spiro atoms. The molecule has 4 aromatic rings. The molecular formula is C24H19BrN2O3. The molecule has 1 amide bonds. The van der Waals surface area contributed by atoms with Gasteiger partial charge >= 0.3 is 0 Å². The Morgan fingerprint density at radius 3 is 2.43 bits per heavy atom. The summed E-state index contributed by atoms with van der Waals surface area (Å²) in [6.07, 6.45) is 0. The Kier molecular flexibility index (Phi) is 5.68. The van der Waals surface area contributed by atoms with Crippen molar-refractivity contribution in [2.75, 3.05) is 7.11 Å². The van der Waals surface area contributed by atoms with Gasteiger partial charge in [-0.2, -0.15) is 5.10 Å². The van der Waals surface area contributed by atoms with Crippen LogP contribution in [0.15, 0.2) is 86.8 Å². The van der Waals surface area contributed by atoms with E-state index >= 15 is 0 Å². The van der Waals surface area contributed by atoms with Crippen molar-refractivity contribution in [2.45, 2.75) is 6.92 Å². The van der Waals surface area contributed by atoms with Gasteiger partial charge in [-0.3, -0.25) is 4.79 Å². The van der Waals surface area contributed by atoms with Gasteiger partial charge in [0.25, 0.3) is 5.91 Å². The number of amides is 1. The van der Waals surface area contributed by atoms with E-state index in [-0.39, 0.29) is 5.91 Å². The maximum Gasteiger partial charge on any atom is 0.271 e. The van der Waals surface area contributed by atoms with E-state index in [1.165, 1.54) is 0 Å². The van der Waals surface area contributed by atoms with E-state index in [1.807, 2.05) is 67.6 Å². The summed E-state index contributed by atoms with van der Waals surface area (Å²) in [5.41, 5.74) is 5.82. The SMILES string of the molecule is COc1ccc(-c2cc(=NNC(=O)c3ccc(Br)cc3)c3cc(C)ccc3o2)cc1. The Labute approximate surface area is 182 Å². The number of rotatable bonds is 4. The third-order valence-corrected chi connectivity index (χ3v) is 5.19. The van der Waals surface area contributed by atoms with E-state index in [0.717, 1.165) is 26.7 Å². The van der Waals surface area contributed by atoms with Gasteiger partial charge in [0.05, 0.1) is 12.5 Å². The number of benzene rings is 3. The van der Waals surface area contributed by atoms with Gasteiger partial charge in [-0.1, -0.05) is 27.6 Å². The highest BCUT2D eigenvalue weighted by Gasteiger charge is 2.08. The van der Waals surface area contributed by atoms with Crippen LogP contribution in [0, 0.1) is 6.92 Å². The first-order valence-corrected chi connectivity index (χ1v) is 10.1. The number of halogens is 1. The molecule has 0 radical (unpaired) electrons. The first-order valence-electron chi connectivity index (χ1n) is 9.32. The van der Waals surface area contributed by atoms with Gasteiger partial charge in [-0.05, 0) is 67.6 Å². The lowest BCUT2D eigenvalue weighted by atomic mass is 10.1. The van der Waals surface area contributed by atoms with Crippen molar-refractivity contribution in [1.82, 2.24) is 5.43 Å². The summed E-state index contributed by atoms with van der Waals surface area (Å²) in [4.78, 5) is 12.5. The molecule has 1 N–H and O–H groups in total. The fourth-order valence-corrected chi connectivity index (χ4v) is 3.31. The van der Waals surface area contributed by atoms with Crippen molar-refractivity contribution in [2.24, 2.45) is 5.10 Å². The van der Waals surface area contributed by atoms with Crippen molar-refractivity contribution in [3.8, 4) is 17.1 Å². The van der Waals surface area contributed by atoms with Gasteiger partial charge in [-0.15, -0.1) is 0 Å². The predicted molar refractivity (Wildman–Crippen MR) is 120 cm³/mol. The number of fused-ring (bicyclic) bond motifs is 1. The minimum Gasteiger partial charge on any atom is -0.497 e. The van der Waals surface area contributed by atoms with Crippen LogP contribution >= 0.6 is 15.9 Å². The number of hydrogen-bond donors (Lipinski definition) is 1. The fourth-order valence-electron chi connectivity index (χ4n) is 3.05. The zero-order chi connectivity index (χ0) is 21.1. The zero-order valence-electron chi connectivity index (χ0n) is 16.5. The highest BCUT2D eigenvalue weighted by Crippen LogP contribution is 2.24. The lowest BCUT2D eigenvalue weighted by molar-refractivity contribution is 0.0953. The third-order valence-electron chi connectivity index (χ3n) is 4.66. The average Bonchev–Trinajstić information content (AvgIpc) is 2.77. The van der Waals surface area contributed by atoms with Crippen molar-refractivity contribution in [3.63, 3.8) is 0 Å². The normalized spacial score (nSPS) is 11.5. The van der Waals surface area contributed by atoms with E-state index in [9.17, 15) is 4.79 Å². The number of ether oxygens (including phenoxy) is 1. The molecule has 0 bridgehead atoms. The van der Waals surface area contributed by atoms with Gasteiger partial charge in [0.2, 0.25) is 0 Å². The van der Waals surface area contributed by atoms with Crippen molar-refractivity contribution in [3.05, 3.63) is 93.8 Å². The summed E-state index contributed by atoms with van der Waals surface area (Å²) in [7, 11) is 1.63. The predicted octanol–water partition coefficient (Wildman–Crippen LogP) is 5.43. The summed E-state index contributed by atoms with van der Waals surface area (Å²) in [6, 6.07) is 22.4. The number of aryl methyl sites for hydroxylation is 1. The Morgan fingerprint density at radius 2 is 1.73 bits per heavy atom. The van der Waals surface area contributed by atoms with E-state index in [0.29, 0.717) is 22.3 Å². The monoisotopic (exact) mass is 462 g/mol. The maximum absolute atomic E-state index is 12.5. The summed E-state index contributed by atoms with van der Waals surface area (Å²) in [5.74, 6) is 1.13. The van der Waals surface area contributed by atoms with E-state index in [2.05, 4.69) is 26.5 Å². The first-order chi connectivity index (χ1) is 14.5. The van der Waals surface area contributed by atoms with Gasteiger partial charge in [0.15, 0.2) is 0 Å². The molecule has 150 valence electrons. The van der Waals surface area contributed by atoms with E-state index in [4.69, 9.17) is 9.15 Å². The Hall–Kier alpha value is -3.38. The molecule has 6 heteroatoms. The fraction of sp³-hybridized carbons (Fsp3) is 0.0833. The highest BCUT2D eigenvalue weighted by molar-refractivity contribution is 9.10. The smallest absolute Gasteiger partial charge is 0.271 e. The van der Waals surface area contributed by atoms with Crippen LogP contribution in [0.1, 0.15) is 15.9 Å². The third kappa shape index (κ3) is 4.28. The average molecular weight is 463 g/mol. The van der Waals surface area contributed by atoms with Crippen LogP contribution < -0.4 is 15.5 Å². The second-order valence-electron chi connectivity index (χ2n) is 6.78. The molecule has 30 heavy (non-hydrogen) atoms. The second-order valence-corrected chi connectivity index (χ2v) is 7.70. The molecule has 0 aliphatic rings. The van der Waals surface area contributed by atoms with Crippen LogP contribution in [0.5, 0.6) is 5.75 Å². The van der Waals surface area contributed by atoms with Crippen molar-refractivity contribution < 1.29 is 13.9 Å². The zero-order valence-corrected chi connectivity index (χ0v) is 18.1.